The van der Waals surface area contributed by atoms with Gasteiger partial charge in [0.2, 0.25) is 0 Å². The SMILES string of the molecule is CCCCCCCCCCCCCCCCCCc1c(Cl)c(Cl)c(Cl)c2cc3ccccc3cc12. The predicted octanol–water partition coefficient (Wildman–Crippen LogP) is 12.8. The second kappa shape index (κ2) is 16.0. The number of unbranched alkanes of at least 4 members (excludes halogenated alkanes) is 15. The number of rotatable bonds is 17. The monoisotopic (exact) mass is 532 g/mol. The second-order valence-electron chi connectivity index (χ2n) is 10.2. The Hall–Kier alpha value is -0.950. The van der Waals surface area contributed by atoms with Gasteiger partial charge in [-0.05, 0) is 46.7 Å². The second-order valence-corrected chi connectivity index (χ2v) is 11.4. The molecule has 0 saturated carbocycles. The van der Waals surface area contributed by atoms with Gasteiger partial charge in [0.1, 0.15) is 0 Å². The highest BCUT2D eigenvalue weighted by atomic mass is 35.5. The van der Waals surface area contributed by atoms with Gasteiger partial charge >= 0.3 is 0 Å². The highest BCUT2D eigenvalue weighted by molar-refractivity contribution is 6.51. The number of hydrogen-bond donors (Lipinski definition) is 0. The Morgan fingerprint density at radius 1 is 0.486 bits per heavy atom. The van der Waals surface area contributed by atoms with E-state index >= 15 is 0 Å². The van der Waals surface area contributed by atoms with Crippen LogP contribution in [-0.4, -0.2) is 0 Å². The van der Waals surface area contributed by atoms with Gasteiger partial charge in [0.05, 0.1) is 15.1 Å². The van der Waals surface area contributed by atoms with E-state index in [1.807, 2.05) is 0 Å². The number of hydrogen-bond acceptors (Lipinski definition) is 0. The van der Waals surface area contributed by atoms with Crippen LogP contribution in [0.3, 0.4) is 0 Å². The van der Waals surface area contributed by atoms with Crippen molar-refractivity contribution in [1.29, 1.82) is 0 Å². The molecule has 0 radical (unpaired) electrons. The van der Waals surface area contributed by atoms with E-state index in [2.05, 4.69) is 43.3 Å². The zero-order valence-electron chi connectivity index (χ0n) is 21.6. The third kappa shape index (κ3) is 8.84. The average molecular weight is 534 g/mol. The van der Waals surface area contributed by atoms with Crippen LogP contribution in [0.1, 0.15) is 115 Å². The van der Waals surface area contributed by atoms with E-state index in [4.69, 9.17) is 34.8 Å². The summed E-state index contributed by atoms with van der Waals surface area (Å²) in [6.07, 6.45) is 23.0. The summed E-state index contributed by atoms with van der Waals surface area (Å²) in [5.41, 5.74) is 1.15. The molecule has 35 heavy (non-hydrogen) atoms. The molecule has 0 heterocycles. The lowest BCUT2D eigenvalue weighted by Gasteiger charge is -2.14. The zero-order valence-corrected chi connectivity index (χ0v) is 23.9. The Morgan fingerprint density at radius 3 is 1.40 bits per heavy atom. The Morgan fingerprint density at radius 2 is 0.914 bits per heavy atom. The van der Waals surface area contributed by atoms with Gasteiger partial charge < -0.3 is 0 Å². The van der Waals surface area contributed by atoms with Crippen molar-refractivity contribution in [2.75, 3.05) is 0 Å². The number of aryl methyl sites for hydroxylation is 1. The van der Waals surface area contributed by atoms with Crippen molar-refractivity contribution >= 4 is 56.3 Å². The summed E-state index contributed by atoms with van der Waals surface area (Å²) >= 11 is 19.8. The molecule has 0 N–H and O–H groups in total. The first-order chi connectivity index (χ1) is 17.1. The Labute approximate surface area is 228 Å². The molecule has 3 aromatic carbocycles. The maximum atomic E-state index is 6.68. The van der Waals surface area contributed by atoms with E-state index in [1.54, 1.807) is 0 Å². The molecule has 0 unspecified atom stereocenters. The van der Waals surface area contributed by atoms with E-state index in [0.29, 0.717) is 15.1 Å². The molecule has 0 bridgehead atoms. The average Bonchev–Trinajstić information content (AvgIpc) is 2.88. The van der Waals surface area contributed by atoms with Crippen LogP contribution in [0.15, 0.2) is 36.4 Å². The van der Waals surface area contributed by atoms with Crippen molar-refractivity contribution in [2.24, 2.45) is 0 Å². The molecule has 0 fully saturated rings. The van der Waals surface area contributed by atoms with Crippen molar-refractivity contribution in [1.82, 2.24) is 0 Å². The van der Waals surface area contributed by atoms with E-state index in [0.717, 1.165) is 29.2 Å². The lowest BCUT2D eigenvalue weighted by atomic mass is 9.96. The molecule has 3 rings (SSSR count). The van der Waals surface area contributed by atoms with Crippen LogP contribution in [-0.2, 0) is 6.42 Å². The van der Waals surface area contributed by atoms with Crippen molar-refractivity contribution < 1.29 is 0 Å². The molecular weight excluding hydrogens is 491 g/mol. The third-order valence-corrected chi connectivity index (χ3v) is 8.76. The lowest BCUT2D eigenvalue weighted by molar-refractivity contribution is 0.529. The quantitative estimate of drug-likeness (QED) is 0.0919. The fourth-order valence-electron chi connectivity index (χ4n) is 5.23. The van der Waals surface area contributed by atoms with Gasteiger partial charge in [0.25, 0.3) is 0 Å². The van der Waals surface area contributed by atoms with Crippen molar-refractivity contribution in [3.63, 3.8) is 0 Å². The minimum atomic E-state index is 0.489. The summed E-state index contributed by atoms with van der Waals surface area (Å²) < 4.78 is 0. The molecule has 0 spiro atoms. The van der Waals surface area contributed by atoms with Crippen LogP contribution in [0.2, 0.25) is 15.1 Å². The van der Waals surface area contributed by atoms with E-state index < -0.39 is 0 Å². The van der Waals surface area contributed by atoms with Crippen LogP contribution in [0, 0.1) is 0 Å². The fourth-order valence-corrected chi connectivity index (χ4v) is 6.04. The molecule has 3 aromatic rings. The third-order valence-electron chi connectivity index (χ3n) is 7.38. The highest BCUT2D eigenvalue weighted by Crippen LogP contribution is 2.42. The first-order valence-electron chi connectivity index (χ1n) is 14.1. The Bertz CT molecular complexity index is 1040. The maximum absolute atomic E-state index is 6.68. The van der Waals surface area contributed by atoms with Crippen LogP contribution in [0.4, 0.5) is 0 Å². The van der Waals surface area contributed by atoms with E-state index in [9.17, 15) is 0 Å². The standard InChI is InChI=1S/C32H43Cl3/c1-2-3-4-5-6-7-8-9-10-11-12-13-14-15-16-17-22-27-28-23-25-20-18-19-21-26(25)24-29(28)31(34)32(35)30(27)33/h18-21,23-24H,2-17,22H2,1H3. The minimum absolute atomic E-state index is 0.489. The molecule has 3 heteroatoms. The summed E-state index contributed by atoms with van der Waals surface area (Å²) in [5, 5.41) is 6.21. The van der Waals surface area contributed by atoms with Crippen molar-refractivity contribution in [3.05, 3.63) is 57.0 Å². The number of benzene rings is 3. The lowest BCUT2D eigenvalue weighted by Crippen LogP contribution is -1.93. The molecule has 0 aromatic heterocycles. The Kier molecular flexibility index (Phi) is 13.1. The molecule has 0 aliphatic heterocycles. The Balaban J connectivity index is 1.34. The van der Waals surface area contributed by atoms with Gasteiger partial charge in [-0.2, -0.15) is 0 Å². The maximum Gasteiger partial charge on any atom is 0.0787 e. The van der Waals surface area contributed by atoms with Crippen LogP contribution < -0.4 is 0 Å². The first-order valence-corrected chi connectivity index (χ1v) is 15.2. The van der Waals surface area contributed by atoms with Gasteiger partial charge in [0.15, 0.2) is 0 Å². The van der Waals surface area contributed by atoms with Crippen LogP contribution in [0.5, 0.6) is 0 Å². The molecule has 192 valence electrons. The summed E-state index contributed by atoms with van der Waals surface area (Å²) in [6.45, 7) is 2.29. The molecule has 0 aliphatic carbocycles. The minimum Gasteiger partial charge on any atom is -0.0823 e. The first kappa shape index (κ1) is 28.6. The summed E-state index contributed by atoms with van der Waals surface area (Å²) in [4.78, 5) is 0. The van der Waals surface area contributed by atoms with Gasteiger partial charge in [-0.15, -0.1) is 0 Å². The van der Waals surface area contributed by atoms with E-state index in [-0.39, 0.29) is 0 Å². The van der Waals surface area contributed by atoms with Crippen molar-refractivity contribution in [3.8, 4) is 0 Å². The molecule has 0 atom stereocenters. The number of fused-ring (bicyclic) bond motifs is 2. The molecule has 0 saturated heterocycles. The van der Waals surface area contributed by atoms with Gasteiger partial charge in [-0.3, -0.25) is 0 Å². The smallest absolute Gasteiger partial charge is 0.0787 e. The van der Waals surface area contributed by atoms with E-state index in [1.165, 1.54) is 107 Å². The molecule has 0 nitrogen and oxygen atoms in total. The van der Waals surface area contributed by atoms with Crippen molar-refractivity contribution in [2.45, 2.75) is 116 Å². The fraction of sp³-hybridized carbons (Fsp3) is 0.562. The normalized spacial score (nSPS) is 11.7. The zero-order chi connectivity index (χ0) is 24.9. The van der Waals surface area contributed by atoms with Gasteiger partial charge in [-0.1, -0.05) is 162 Å². The molecule has 0 amide bonds. The predicted molar refractivity (Wildman–Crippen MR) is 160 cm³/mol. The summed E-state index contributed by atoms with van der Waals surface area (Å²) in [5.74, 6) is 0. The number of halogens is 3. The topological polar surface area (TPSA) is 0 Å². The van der Waals surface area contributed by atoms with Gasteiger partial charge in [-0.25, -0.2) is 0 Å². The van der Waals surface area contributed by atoms with Gasteiger partial charge in [0, 0.05) is 5.39 Å². The molecular formula is C32H43Cl3. The highest BCUT2D eigenvalue weighted by Gasteiger charge is 2.16. The largest absolute Gasteiger partial charge is 0.0823 e. The molecule has 0 aliphatic rings. The summed E-state index contributed by atoms with van der Waals surface area (Å²) in [6, 6.07) is 12.7. The van der Waals surface area contributed by atoms with Crippen LogP contribution >= 0.6 is 34.8 Å². The summed E-state index contributed by atoms with van der Waals surface area (Å²) in [7, 11) is 0. The van der Waals surface area contributed by atoms with Crippen LogP contribution in [0.25, 0.3) is 21.5 Å².